The molecule has 4 amide bonds. The summed E-state index contributed by atoms with van der Waals surface area (Å²) in [7, 11) is 0. The Hall–Kier alpha value is -4.20. The Bertz CT molecular complexity index is 1430. The molecule has 0 unspecified atom stereocenters. The summed E-state index contributed by atoms with van der Waals surface area (Å²) in [6, 6.07) is 16.4. The van der Waals surface area contributed by atoms with Gasteiger partial charge in [-0.15, -0.1) is 0 Å². The third-order valence-electron chi connectivity index (χ3n) is 7.67. The molecule has 2 aromatic carbocycles. The highest BCUT2D eigenvalue weighted by Crippen LogP contribution is 2.35. The standard InChI is InChI=1S/C29H28N4O4/c1-18-8-10-20(11-9-18)23-16-24(25-7-4-14-37-25)33(31-23)26(34)17-32-27(35)29(2,30-28(32)36)22-13-12-19-5-3-6-21(19)15-22/h4,7-15,24H,3,5-6,16-17H2,1-2H3,(H,30,36)/t24-,29-/m1/s1. The predicted octanol–water partition coefficient (Wildman–Crippen LogP) is 4.22. The SMILES string of the molecule is Cc1ccc(C2=NN(C(=O)CN3C(=O)N[C@](C)(c4ccc5c(c4)CCC5)C3=O)[C@@H](c3ccco3)C2)cc1. The topological polar surface area (TPSA) is 95.2 Å². The largest absolute Gasteiger partial charge is 0.467 e. The fourth-order valence-corrected chi connectivity index (χ4v) is 5.49. The molecule has 2 atom stereocenters. The molecule has 3 aliphatic rings. The average Bonchev–Trinajstić information content (AvgIpc) is 3.68. The number of benzene rings is 2. The van der Waals surface area contributed by atoms with E-state index in [0.717, 1.165) is 46.6 Å². The first kappa shape index (κ1) is 23.2. The van der Waals surface area contributed by atoms with Crippen LogP contribution in [0.1, 0.15) is 59.4 Å². The first-order valence-electron chi connectivity index (χ1n) is 12.6. The maximum Gasteiger partial charge on any atom is 0.325 e. The van der Waals surface area contributed by atoms with Crippen molar-refractivity contribution < 1.29 is 18.8 Å². The molecule has 1 N–H and O–H groups in total. The molecular weight excluding hydrogens is 468 g/mol. The second kappa shape index (κ2) is 8.73. The van der Waals surface area contributed by atoms with E-state index in [1.54, 1.807) is 25.3 Å². The minimum absolute atomic E-state index is 0.410. The van der Waals surface area contributed by atoms with Crippen LogP contribution in [0, 0.1) is 6.92 Å². The number of nitrogens with zero attached hydrogens (tertiary/aromatic N) is 3. The smallest absolute Gasteiger partial charge is 0.325 e. The molecule has 0 spiro atoms. The number of carbonyl (C=O) groups is 3. The Kier molecular flexibility index (Phi) is 5.47. The molecule has 37 heavy (non-hydrogen) atoms. The van der Waals surface area contributed by atoms with Gasteiger partial charge in [-0.3, -0.25) is 14.5 Å². The van der Waals surface area contributed by atoms with Crippen LogP contribution in [0.2, 0.25) is 0 Å². The Balaban J connectivity index is 1.26. The van der Waals surface area contributed by atoms with Gasteiger partial charge in [-0.1, -0.05) is 48.0 Å². The lowest BCUT2D eigenvalue weighted by Crippen LogP contribution is -2.43. The number of nitrogens with one attached hydrogen (secondary N) is 1. The van der Waals surface area contributed by atoms with Gasteiger partial charge >= 0.3 is 6.03 Å². The summed E-state index contributed by atoms with van der Waals surface area (Å²) in [5.41, 5.74) is 4.80. The van der Waals surface area contributed by atoms with Crippen molar-refractivity contribution in [3.05, 3.63) is 94.4 Å². The highest BCUT2D eigenvalue weighted by atomic mass is 16.3. The Morgan fingerprint density at radius 3 is 2.65 bits per heavy atom. The molecule has 1 fully saturated rings. The van der Waals surface area contributed by atoms with Crippen LogP contribution in [0.5, 0.6) is 0 Å². The third-order valence-corrected chi connectivity index (χ3v) is 7.67. The van der Waals surface area contributed by atoms with Crippen molar-refractivity contribution in [1.29, 1.82) is 0 Å². The van der Waals surface area contributed by atoms with Gasteiger partial charge in [0.05, 0.1) is 12.0 Å². The quantitative estimate of drug-likeness (QED) is 0.535. The number of hydrazone groups is 1. The number of imide groups is 1. The van der Waals surface area contributed by atoms with Crippen LogP contribution < -0.4 is 5.32 Å². The molecule has 188 valence electrons. The maximum absolute atomic E-state index is 13.5. The van der Waals surface area contributed by atoms with Crippen molar-refractivity contribution in [3.8, 4) is 0 Å². The Labute approximate surface area is 214 Å². The third kappa shape index (κ3) is 3.93. The van der Waals surface area contributed by atoms with Gasteiger partial charge in [0.25, 0.3) is 11.8 Å². The number of aryl methyl sites for hydroxylation is 3. The molecule has 8 nitrogen and oxygen atoms in total. The zero-order valence-electron chi connectivity index (χ0n) is 20.9. The lowest BCUT2D eigenvalue weighted by atomic mass is 9.89. The zero-order chi connectivity index (χ0) is 25.7. The van der Waals surface area contributed by atoms with E-state index in [-0.39, 0.29) is 0 Å². The summed E-state index contributed by atoms with van der Waals surface area (Å²) in [5, 5.41) is 8.79. The van der Waals surface area contributed by atoms with E-state index in [9.17, 15) is 14.4 Å². The van der Waals surface area contributed by atoms with E-state index in [0.29, 0.717) is 12.2 Å². The summed E-state index contributed by atoms with van der Waals surface area (Å²) in [5.74, 6) is -0.301. The fourth-order valence-electron chi connectivity index (χ4n) is 5.49. The first-order valence-corrected chi connectivity index (χ1v) is 12.6. The molecule has 6 rings (SSSR count). The van der Waals surface area contributed by atoms with Crippen LogP contribution in [-0.4, -0.2) is 40.0 Å². The molecule has 1 aliphatic carbocycles. The minimum Gasteiger partial charge on any atom is -0.467 e. The van der Waals surface area contributed by atoms with Gasteiger partial charge in [0.15, 0.2) is 0 Å². The molecule has 1 aromatic heterocycles. The van der Waals surface area contributed by atoms with Gasteiger partial charge in [-0.2, -0.15) is 5.10 Å². The number of hydrogen-bond donors (Lipinski definition) is 1. The number of carbonyl (C=O) groups excluding carboxylic acids is 3. The molecule has 2 aliphatic heterocycles. The molecule has 3 heterocycles. The molecule has 0 bridgehead atoms. The van der Waals surface area contributed by atoms with Gasteiger partial charge in [-0.25, -0.2) is 9.80 Å². The summed E-state index contributed by atoms with van der Waals surface area (Å²) >= 11 is 0. The van der Waals surface area contributed by atoms with Gasteiger partial charge < -0.3 is 9.73 Å². The molecule has 0 saturated carbocycles. The Morgan fingerprint density at radius 1 is 1.11 bits per heavy atom. The van der Waals surface area contributed by atoms with E-state index < -0.39 is 36.0 Å². The zero-order valence-corrected chi connectivity index (χ0v) is 20.9. The fraction of sp³-hybridized carbons (Fsp3) is 0.310. The van der Waals surface area contributed by atoms with Gasteiger partial charge in [0, 0.05) is 6.42 Å². The highest BCUT2D eigenvalue weighted by molar-refractivity contribution is 6.09. The molecule has 0 radical (unpaired) electrons. The number of fused-ring (bicyclic) bond motifs is 1. The monoisotopic (exact) mass is 496 g/mol. The molecular formula is C29H28N4O4. The van der Waals surface area contributed by atoms with Gasteiger partial charge in [0.1, 0.15) is 23.9 Å². The van der Waals surface area contributed by atoms with Crippen LogP contribution in [0.4, 0.5) is 4.79 Å². The van der Waals surface area contributed by atoms with E-state index in [1.807, 2.05) is 49.4 Å². The van der Waals surface area contributed by atoms with Crippen molar-refractivity contribution in [2.24, 2.45) is 5.10 Å². The molecule has 3 aromatic rings. The first-order chi connectivity index (χ1) is 17.8. The van der Waals surface area contributed by atoms with Gasteiger partial charge in [-0.05, 0) is 67.5 Å². The van der Waals surface area contributed by atoms with Crippen LogP contribution in [-0.2, 0) is 28.0 Å². The van der Waals surface area contributed by atoms with Crippen LogP contribution in [0.3, 0.4) is 0 Å². The number of urea groups is 1. The van der Waals surface area contributed by atoms with Crippen molar-refractivity contribution in [3.63, 3.8) is 0 Å². The molecule has 8 heteroatoms. The Morgan fingerprint density at radius 2 is 1.89 bits per heavy atom. The maximum atomic E-state index is 13.5. The molecule has 1 saturated heterocycles. The number of furan rings is 1. The lowest BCUT2D eigenvalue weighted by molar-refractivity contribution is -0.140. The van der Waals surface area contributed by atoms with Crippen molar-refractivity contribution in [2.45, 2.75) is 51.1 Å². The summed E-state index contributed by atoms with van der Waals surface area (Å²) in [4.78, 5) is 41.0. The van der Waals surface area contributed by atoms with Crippen molar-refractivity contribution >= 4 is 23.6 Å². The summed E-state index contributed by atoms with van der Waals surface area (Å²) < 4.78 is 5.61. The second-order valence-electron chi connectivity index (χ2n) is 10.2. The van der Waals surface area contributed by atoms with Crippen molar-refractivity contribution in [1.82, 2.24) is 15.2 Å². The van der Waals surface area contributed by atoms with Crippen LogP contribution in [0.15, 0.2) is 70.4 Å². The van der Waals surface area contributed by atoms with Crippen molar-refractivity contribution in [2.75, 3.05) is 6.54 Å². The van der Waals surface area contributed by atoms with E-state index in [2.05, 4.69) is 10.4 Å². The van der Waals surface area contributed by atoms with Crippen LogP contribution in [0.25, 0.3) is 0 Å². The van der Waals surface area contributed by atoms with Gasteiger partial charge in [0.2, 0.25) is 0 Å². The average molecular weight is 497 g/mol. The van der Waals surface area contributed by atoms with Crippen LogP contribution >= 0.6 is 0 Å². The predicted molar refractivity (Wildman–Crippen MR) is 137 cm³/mol. The normalized spacial score (nSPS) is 22.9. The number of hydrogen-bond acceptors (Lipinski definition) is 5. The number of amides is 4. The lowest BCUT2D eigenvalue weighted by Gasteiger charge is -2.24. The van der Waals surface area contributed by atoms with E-state index in [4.69, 9.17) is 4.42 Å². The minimum atomic E-state index is -1.23. The summed E-state index contributed by atoms with van der Waals surface area (Å²) in [6.45, 7) is 3.30. The summed E-state index contributed by atoms with van der Waals surface area (Å²) in [6.07, 6.45) is 5.11. The second-order valence-corrected chi connectivity index (χ2v) is 10.2. The number of rotatable bonds is 5. The van der Waals surface area contributed by atoms with E-state index >= 15 is 0 Å². The highest BCUT2D eigenvalue weighted by Gasteiger charge is 2.50. The van der Waals surface area contributed by atoms with E-state index in [1.165, 1.54) is 16.1 Å².